The molecule has 0 saturated carbocycles. The van der Waals surface area contributed by atoms with Crippen LogP contribution in [0.25, 0.3) is 23.1 Å². The van der Waals surface area contributed by atoms with Crippen molar-refractivity contribution in [1.82, 2.24) is 4.98 Å². The van der Waals surface area contributed by atoms with Gasteiger partial charge >= 0.3 is 0 Å². The van der Waals surface area contributed by atoms with Crippen molar-refractivity contribution in [2.45, 2.75) is 27.7 Å². The molecule has 0 unspecified atom stereocenters. The maximum absolute atomic E-state index is 4.86. The average molecular weight is 287 g/mol. The van der Waals surface area contributed by atoms with Crippen LogP contribution in [0.15, 0.2) is 42.5 Å². The number of rotatable bonds is 2. The van der Waals surface area contributed by atoms with Crippen molar-refractivity contribution in [3.05, 3.63) is 76.0 Å². The van der Waals surface area contributed by atoms with Crippen LogP contribution < -0.4 is 0 Å². The standard InChI is InChI=1S/C21H21N/c1-14-10-12-19(13-11-18-8-6-5-7-9-18)21-20(14)16(3)15(2)17(4)22-21/h5-13H,1-4H3. The van der Waals surface area contributed by atoms with E-state index in [9.17, 15) is 0 Å². The van der Waals surface area contributed by atoms with Crippen molar-refractivity contribution in [1.29, 1.82) is 0 Å². The highest BCUT2D eigenvalue weighted by atomic mass is 14.7. The number of hydrogen-bond donors (Lipinski definition) is 0. The van der Waals surface area contributed by atoms with Gasteiger partial charge in [0.2, 0.25) is 0 Å². The quantitative estimate of drug-likeness (QED) is 0.556. The third-order valence-corrected chi connectivity index (χ3v) is 4.43. The Kier molecular flexibility index (Phi) is 3.81. The summed E-state index contributed by atoms with van der Waals surface area (Å²) in [4.78, 5) is 4.86. The zero-order valence-corrected chi connectivity index (χ0v) is 13.6. The van der Waals surface area contributed by atoms with E-state index in [2.05, 4.69) is 76.2 Å². The minimum Gasteiger partial charge on any atom is -0.252 e. The van der Waals surface area contributed by atoms with E-state index >= 15 is 0 Å². The van der Waals surface area contributed by atoms with Gasteiger partial charge in [-0.25, -0.2) is 0 Å². The summed E-state index contributed by atoms with van der Waals surface area (Å²) in [5.74, 6) is 0. The van der Waals surface area contributed by atoms with Gasteiger partial charge in [0.1, 0.15) is 0 Å². The van der Waals surface area contributed by atoms with Crippen LogP contribution in [-0.4, -0.2) is 4.98 Å². The highest BCUT2D eigenvalue weighted by Crippen LogP contribution is 2.28. The van der Waals surface area contributed by atoms with E-state index in [4.69, 9.17) is 4.98 Å². The maximum atomic E-state index is 4.86. The monoisotopic (exact) mass is 287 g/mol. The van der Waals surface area contributed by atoms with Crippen molar-refractivity contribution in [3.8, 4) is 0 Å². The maximum Gasteiger partial charge on any atom is 0.0783 e. The van der Waals surface area contributed by atoms with Crippen molar-refractivity contribution in [2.75, 3.05) is 0 Å². The van der Waals surface area contributed by atoms with E-state index in [1.807, 2.05) is 6.07 Å². The summed E-state index contributed by atoms with van der Waals surface area (Å²) in [5.41, 5.74) is 8.53. The van der Waals surface area contributed by atoms with E-state index in [1.165, 1.54) is 33.2 Å². The second-order valence-electron chi connectivity index (χ2n) is 5.89. The predicted octanol–water partition coefficient (Wildman–Crippen LogP) is 5.64. The van der Waals surface area contributed by atoms with Crippen LogP contribution in [0.5, 0.6) is 0 Å². The summed E-state index contributed by atoms with van der Waals surface area (Å²) in [5, 5.41) is 1.29. The Hall–Kier alpha value is -2.41. The van der Waals surface area contributed by atoms with E-state index < -0.39 is 0 Å². The van der Waals surface area contributed by atoms with Crippen molar-refractivity contribution in [2.24, 2.45) is 0 Å². The van der Waals surface area contributed by atoms with Gasteiger partial charge < -0.3 is 0 Å². The molecule has 1 heterocycles. The number of nitrogens with zero attached hydrogens (tertiary/aromatic N) is 1. The lowest BCUT2D eigenvalue weighted by Crippen LogP contribution is -1.97. The topological polar surface area (TPSA) is 12.9 Å². The summed E-state index contributed by atoms with van der Waals surface area (Å²) in [6.45, 7) is 8.61. The van der Waals surface area contributed by atoms with Crippen LogP contribution in [-0.2, 0) is 0 Å². The molecule has 0 fully saturated rings. The van der Waals surface area contributed by atoms with Crippen LogP contribution in [0.1, 0.15) is 33.5 Å². The molecule has 1 nitrogen and oxygen atoms in total. The smallest absolute Gasteiger partial charge is 0.0783 e. The van der Waals surface area contributed by atoms with Crippen LogP contribution >= 0.6 is 0 Å². The molecule has 0 bridgehead atoms. The molecule has 110 valence electrons. The van der Waals surface area contributed by atoms with Gasteiger partial charge in [0.15, 0.2) is 0 Å². The third-order valence-electron chi connectivity index (χ3n) is 4.43. The molecule has 3 rings (SSSR count). The van der Waals surface area contributed by atoms with Gasteiger partial charge in [0, 0.05) is 16.6 Å². The number of fused-ring (bicyclic) bond motifs is 1. The summed E-state index contributed by atoms with van der Waals surface area (Å²) in [7, 11) is 0. The number of aromatic nitrogens is 1. The molecule has 1 aromatic heterocycles. The lowest BCUT2D eigenvalue weighted by molar-refractivity contribution is 1.16. The van der Waals surface area contributed by atoms with Gasteiger partial charge in [-0.2, -0.15) is 0 Å². The second-order valence-corrected chi connectivity index (χ2v) is 5.89. The molecule has 0 aliphatic carbocycles. The van der Waals surface area contributed by atoms with Gasteiger partial charge in [-0.1, -0.05) is 54.6 Å². The van der Waals surface area contributed by atoms with Crippen LogP contribution in [0.4, 0.5) is 0 Å². The second kappa shape index (κ2) is 5.76. The summed E-state index contributed by atoms with van der Waals surface area (Å²) in [6.07, 6.45) is 4.31. The number of hydrogen-bond acceptors (Lipinski definition) is 1. The molecule has 0 aliphatic rings. The third kappa shape index (κ3) is 2.55. The summed E-state index contributed by atoms with van der Waals surface area (Å²) in [6, 6.07) is 14.7. The molecular formula is C21H21N. The molecule has 0 aliphatic heterocycles. The van der Waals surface area contributed by atoms with E-state index in [0.29, 0.717) is 0 Å². The largest absolute Gasteiger partial charge is 0.252 e. The molecule has 0 spiro atoms. The highest BCUT2D eigenvalue weighted by molar-refractivity contribution is 5.94. The predicted molar refractivity (Wildman–Crippen MR) is 96.1 cm³/mol. The Morgan fingerprint density at radius 3 is 2.23 bits per heavy atom. The number of aryl methyl sites for hydroxylation is 3. The van der Waals surface area contributed by atoms with Crippen molar-refractivity contribution >= 4 is 23.1 Å². The van der Waals surface area contributed by atoms with Crippen LogP contribution in [0.3, 0.4) is 0 Å². The van der Waals surface area contributed by atoms with Crippen LogP contribution in [0, 0.1) is 27.7 Å². The first kappa shape index (κ1) is 14.5. The Bertz CT molecular complexity index is 858. The molecule has 0 radical (unpaired) electrons. The summed E-state index contributed by atoms with van der Waals surface area (Å²) >= 11 is 0. The molecule has 1 heteroatoms. The molecule has 22 heavy (non-hydrogen) atoms. The first-order chi connectivity index (χ1) is 10.6. The molecule has 3 aromatic rings. The minimum absolute atomic E-state index is 1.10. The summed E-state index contributed by atoms with van der Waals surface area (Å²) < 4.78 is 0. The normalized spacial score (nSPS) is 11.5. The highest BCUT2D eigenvalue weighted by Gasteiger charge is 2.10. The fourth-order valence-electron chi connectivity index (χ4n) is 2.90. The lowest BCUT2D eigenvalue weighted by Gasteiger charge is -2.13. The first-order valence-corrected chi connectivity index (χ1v) is 7.68. The van der Waals surface area contributed by atoms with Crippen LogP contribution in [0.2, 0.25) is 0 Å². The van der Waals surface area contributed by atoms with Gasteiger partial charge in [0.25, 0.3) is 0 Å². The molecule has 2 aromatic carbocycles. The zero-order valence-electron chi connectivity index (χ0n) is 13.6. The lowest BCUT2D eigenvalue weighted by atomic mass is 9.96. The fourth-order valence-corrected chi connectivity index (χ4v) is 2.90. The van der Waals surface area contributed by atoms with Crippen molar-refractivity contribution in [3.63, 3.8) is 0 Å². The van der Waals surface area contributed by atoms with Gasteiger partial charge in [0.05, 0.1) is 5.52 Å². The molecule has 0 saturated heterocycles. The molecule has 0 amide bonds. The van der Waals surface area contributed by atoms with Gasteiger partial charge in [-0.3, -0.25) is 4.98 Å². The zero-order chi connectivity index (χ0) is 15.7. The van der Waals surface area contributed by atoms with E-state index in [1.54, 1.807) is 0 Å². The Labute approximate surface area is 132 Å². The minimum atomic E-state index is 1.10. The van der Waals surface area contributed by atoms with Gasteiger partial charge in [-0.05, 0) is 49.9 Å². The molecule has 0 atom stereocenters. The fraction of sp³-hybridized carbons (Fsp3) is 0.190. The average Bonchev–Trinajstić information content (AvgIpc) is 2.53. The van der Waals surface area contributed by atoms with Crippen molar-refractivity contribution < 1.29 is 0 Å². The number of pyridine rings is 1. The Morgan fingerprint density at radius 2 is 1.50 bits per heavy atom. The molecule has 0 N–H and O–H groups in total. The SMILES string of the molecule is Cc1nc2c(C=Cc3ccccc3)ccc(C)c2c(C)c1C. The first-order valence-electron chi connectivity index (χ1n) is 7.68. The Morgan fingerprint density at radius 1 is 0.773 bits per heavy atom. The Balaban J connectivity index is 2.19. The van der Waals surface area contributed by atoms with E-state index in [0.717, 1.165) is 11.2 Å². The van der Waals surface area contributed by atoms with E-state index in [-0.39, 0.29) is 0 Å². The number of benzene rings is 2. The van der Waals surface area contributed by atoms with Gasteiger partial charge in [-0.15, -0.1) is 0 Å². The molecular weight excluding hydrogens is 266 g/mol.